The normalized spacial score (nSPS) is 12.6. The van der Waals surface area contributed by atoms with Gasteiger partial charge in [0.1, 0.15) is 0 Å². The Labute approximate surface area is 163 Å². The average molecular weight is 407 g/mol. The van der Waals surface area contributed by atoms with Gasteiger partial charge in [0.05, 0.1) is 23.0 Å². The van der Waals surface area contributed by atoms with E-state index in [0.717, 1.165) is 0 Å². The molecular formula is C18H21N3O6S. The van der Waals surface area contributed by atoms with Gasteiger partial charge in [0.2, 0.25) is 0 Å². The van der Waals surface area contributed by atoms with Gasteiger partial charge < -0.3 is 4.90 Å². The van der Waals surface area contributed by atoms with E-state index in [1.165, 1.54) is 55.5 Å². The van der Waals surface area contributed by atoms with E-state index >= 15 is 0 Å². The van der Waals surface area contributed by atoms with Crippen LogP contribution in [0.5, 0.6) is 0 Å². The van der Waals surface area contributed by atoms with Gasteiger partial charge in [0.15, 0.2) is 0 Å². The number of hydroxylamine groups is 1. The highest BCUT2D eigenvalue weighted by Crippen LogP contribution is 2.25. The summed E-state index contributed by atoms with van der Waals surface area (Å²) in [5.41, 5.74) is 0.694. The highest BCUT2D eigenvalue weighted by molar-refractivity contribution is 7.89. The Morgan fingerprint density at radius 2 is 1.79 bits per heavy atom. The van der Waals surface area contributed by atoms with Crippen molar-refractivity contribution in [3.8, 4) is 0 Å². The lowest BCUT2D eigenvalue weighted by Crippen LogP contribution is -2.30. The minimum atomic E-state index is -3.89. The van der Waals surface area contributed by atoms with Crippen LogP contribution in [0.15, 0.2) is 53.4 Å². The Morgan fingerprint density at radius 3 is 2.39 bits per heavy atom. The van der Waals surface area contributed by atoms with Gasteiger partial charge in [-0.15, -0.1) is 0 Å². The molecule has 0 spiro atoms. The molecule has 0 fully saturated rings. The third-order valence-corrected chi connectivity index (χ3v) is 6.11. The molecule has 28 heavy (non-hydrogen) atoms. The molecule has 2 aromatic carbocycles. The van der Waals surface area contributed by atoms with Crippen LogP contribution in [0, 0.1) is 10.1 Å². The van der Waals surface area contributed by atoms with Crippen molar-refractivity contribution in [1.29, 1.82) is 0 Å². The maximum atomic E-state index is 12.8. The van der Waals surface area contributed by atoms with Gasteiger partial charge in [-0.2, -0.15) is 0 Å². The van der Waals surface area contributed by atoms with Crippen molar-refractivity contribution in [1.82, 2.24) is 9.37 Å². The SMILES string of the molecule is CON(C)S(=O)(=O)c1cccc(C(=O)N(C)C(C)c2cccc([N+](=O)[O-])c2)c1. The summed E-state index contributed by atoms with van der Waals surface area (Å²) in [6.45, 7) is 1.73. The van der Waals surface area contributed by atoms with Crippen molar-refractivity contribution in [3.05, 3.63) is 69.8 Å². The van der Waals surface area contributed by atoms with Gasteiger partial charge in [-0.05, 0) is 30.7 Å². The molecule has 1 amide bonds. The third kappa shape index (κ3) is 4.35. The molecule has 0 heterocycles. The van der Waals surface area contributed by atoms with Crippen LogP contribution in [0.4, 0.5) is 5.69 Å². The van der Waals surface area contributed by atoms with Crippen LogP contribution >= 0.6 is 0 Å². The molecule has 0 radical (unpaired) electrons. The van der Waals surface area contributed by atoms with Crippen LogP contribution in [0.25, 0.3) is 0 Å². The molecule has 0 saturated heterocycles. The molecule has 1 atom stereocenters. The van der Waals surface area contributed by atoms with E-state index in [1.807, 2.05) is 0 Å². The fourth-order valence-electron chi connectivity index (χ4n) is 2.54. The van der Waals surface area contributed by atoms with Gasteiger partial charge >= 0.3 is 0 Å². The summed E-state index contributed by atoms with van der Waals surface area (Å²) < 4.78 is 25.5. The van der Waals surface area contributed by atoms with Gasteiger partial charge in [-0.1, -0.05) is 22.7 Å². The van der Waals surface area contributed by atoms with Crippen LogP contribution in [-0.4, -0.2) is 49.8 Å². The number of sulfonamides is 1. The number of rotatable bonds is 7. The first-order valence-electron chi connectivity index (χ1n) is 8.24. The van der Waals surface area contributed by atoms with Crippen molar-refractivity contribution >= 4 is 21.6 Å². The smallest absolute Gasteiger partial charge is 0.269 e. The highest BCUT2D eigenvalue weighted by Gasteiger charge is 2.24. The van der Waals surface area contributed by atoms with Crippen LogP contribution in [0.2, 0.25) is 0 Å². The van der Waals surface area contributed by atoms with Gasteiger partial charge in [-0.25, -0.2) is 8.42 Å². The van der Waals surface area contributed by atoms with Gasteiger partial charge in [0.25, 0.3) is 21.6 Å². The zero-order valence-corrected chi connectivity index (χ0v) is 16.7. The second kappa shape index (κ2) is 8.46. The van der Waals surface area contributed by atoms with E-state index in [4.69, 9.17) is 4.84 Å². The summed E-state index contributed by atoms with van der Waals surface area (Å²) in [6, 6.07) is 11.2. The van der Waals surface area contributed by atoms with Crippen LogP contribution < -0.4 is 0 Å². The maximum Gasteiger partial charge on any atom is 0.269 e. The number of non-ortho nitro benzene ring substituents is 1. The van der Waals surface area contributed by atoms with E-state index in [1.54, 1.807) is 26.1 Å². The summed E-state index contributed by atoms with van der Waals surface area (Å²) in [7, 11) is 0.131. The van der Waals surface area contributed by atoms with Crippen molar-refractivity contribution in [3.63, 3.8) is 0 Å². The maximum absolute atomic E-state index is 12.8. The van der Waals surface area contributed by atoms with Crippen molar-refractivity contribution < 1.29 is 23.0 Å². The first kappa shape index (κ1) is 21.5. The Hall–Kier alpha value is -2.82. The zero-order chi connectivity index (χ0) is 21.1. The average Bonchev–Trinajstić information content (AvgIpc) is 2.71. The molecule has 0 aliphatic carbocycles. The lowest BCUT2D eigenvalue weighted by molar-refractivity contribution is -0.384. The minimum absolute atomic E-state index is 0.0686. The van der Waals surface area contributed by atoms with E-state index in [9.17, 15) is 23.3 Å². The van der Waals surface area contributed by atoms with E-state index in [0.29, 0.717) is 10.0 Å². The summed E-state index contributed by atoms with van der Waals surface area (Å²) in [6.07, 6.45) is 0. The number of nitro groups is 1. The summed E-state index contributed by atoms with van der Waals surface area (Å²) >= 11 is 0. The summed E-state index contributed by atoms with van der Waals surface area (Å²) in [5.74, 6) is -0.420. The molecule has 0 bridgehead atoms. The molecule has 0 saturated carbocycles. The van der Waals surface area contributed by atoms with Crippen molar-refractivity contribution in [2.45, 2.75) is 17.9 Å². The minimum Gasteiger partial charge on any atom is -0.335 e. The van der Waals surface area contributed by atoms with Crippen LogP contribution in [-0.2, 0) is 14.9 Å². The number of benzene rings is 2. The molecule has 0 N–H and O–H groups in total. The molecule has 9 nitrogen and oxygen atoms in total. The van der Waals surface area contributed by atoms with Crippen LogP contribution in [0.3, 0.4) is 0 Å². The number of hydrogen-bond acceptors (Lipinski definition) is 6. The standard InChI is InChI=1S/C18H21N3O6S/c1-13(14-7-5-9-16(11-14)21(23)24)19(2)18(22)15-8-6-10-17(12-15)28(25,26)20(3)27-4/h5-13H,1-4H3. The number of nitrogens with zero attached hydrogens (tertiary/aromatic N) is 3. The third-order valence-electron chi connectivity index (χ3n) is 4.44. The topological polar surface area (TPSA) is 110 Å². The Kier molecular flexibility index (Phi) is 6.49. The molecule has 0 aliphatic rings. The summed E-state index contributed by atoms with van der Waals surface area (Å²) in [5, 5.41) is 11.0. The molecule has 150 valence electrons. The quantitative estimate of drug-likeness (QED) is 0.515. The number of carbonyl (C=O) groups is 1. The fraction of sp³-hybridized carbons (Fsp3) is 0.278. The van der Waals surface area contributed by atoms with Gasteiger partial charge in [0, 0.05) is 31.8 Å². The molecule has 0 aromatic heterocycles. The highest BCUT2D eigenvalue weighted by atomic mass is 32.2. The lowest BCUT2D eigenvalue weighted by Gasteiger charge is -2.25. The van der Waals surface area contributed by atoms with E-state index < -0.39 is 26.9 Å². The lowest BCUT2D eigenvalue weighted by atomic mass is 10.1. The number of amides is 1. The van der Waals surface area contributed by atoms with E-state index in [-0.39, 0.29) is 16.1 Å². The number of carbonyl (C=O) groups excluding carboxylic acids is 1. The predicted molar refractivity (Wildman–Crippen MR) is 102 cm³/mol. The number of nitro benzene ring substituents is 1. The molecule has 1 unspecified atom stereocenters. The molecule has 2 rings (SSSR count). The molecule has 2 aromatic rings. The molecule has 10 heteroatoms. The van der Waals surface area contributed by atoms with Crippen molar-refractivity contribution in [2.24, 2.45) is 0 Å². The zero-order valence-electron chi connectivity index (χ0n) is 15.9. The largest absolute Gasteiger partial charge is 0.335 e. The number of hydrogen-bond donors (Lipinski definition) is 0. The second-order valence-electron chi connectivity index (χ2n) is 6.07. The first-order valence-corrected chi connectivity index (χ1v) is 9.68. The van der Waals surface area contributed by atoms with Gasteiger partial charge in [-0.3, -0.25) is 19.7 Å². The Balaban J connectivity index is 2.32. The van der Waals surface area contributed by atoms with E-state index in [2.05, 4.69) is 0 Å². The Bertz CT molecular complexity index is 992. The monoisotopic (exact) mass is 407 g/mol. The molecular weight excluding hydrogens is 386 g/mol. The molecule has 0 aliphatic heterocycles. The Morgan fingerprint density at radius 1 is 1.14 bits per heavy atom. The predicted octanol–water partition coefficient (Wildman–Crippen LogP) is 2.61. The summed E-state index contributed by atoms with van der Waals surface area (Å²) in [4.78, 5) is 29.4. The van der Waals surface area contributed by atoms with Crippen LogP contribution in [0.1, 0.15) is 28.9 Å². The first-order chi connectivity index (χ1) is 13.1. The second-order valence-corrected chi connectivity index (χ2v) is 8.01. The van der Waals surface area contributed by atoms with Crippen molar-refractivity contribution in [2.75, 3.05) is 21.2 Å². The fourth-order valence-corrected chi connectivity index (χ4v) is 3.56.